The average Bonchev–Trinajstić information content (AvgIpc) is 2.59. The fourth-order valence-electron chi connectivity index (χ4n) is 6.31. The van der Waals surface area contributed by atoms with Gasteiger partial charge in [-0.2, -0.15) is 0 Å². The van der Waals surface area contributed by atoms with E-state index in [4.69, 9.17) is 0 Å². The Morgan fingerprint density at radius 2 is 1.81 bits per heavy atom. The minimum absolute atomic E-state index is 0.00727. The molecule has 4 atom stereocenters. The first kappa shape index (κ1) is 19.1. The molecule has 1 N–H and O–H groups in total. The molecule has 4 rings (SSSR count). The average molecular weight is 370 g/mol. The summed E-state index contributed by atoms with van der Waals surface area (Å²) >= 11 is 0. The van der Waals surface area contributed by atoms with Crippen LogP contribution in [0.3, 0.4) is 0 Å². The standard InChI is InChI=1S/C24H35NO2/c1-22(2,3)19-8-6-5-7-18(19)20-9-10-24(20)11-13-25(14-12-24)21-17(16-26)15-23(21,4)27/h5-8,16-17,20-21,27H,9-15H2,1-4H3/t17-,20?,21?,23+/m1/s1. The lowest BCUT2D eigenvalue weighted by atomic mass is 9.52. The first-order valence-corrected chi connectivity index (χ1v) is 10.7. The number of likely N-dealkylation sites (tertiary alicyclic amines) is 1. The molecule has 0 bridgehead atoms. The Morgan fingerprint density at radius 1 is 1.15 bits per heavy atom. The molecule has 3 nitrogen and oxygen atoms in total. The molecule has 0 radical (unpaired) electrons. The zero-order valence-corrected chi connectivity index (χ0v) is 17.4. The van der Waals surface area contributed by atoms with E-state index in [1.54, 1.807) is 5.56 Å². The summed E-state index contributed by atoms with van der Waals surface area (Å²) in [5.74, 6) is 0.673. The van der Waals surface area contributed by atoms with Crippen molar-refractivity contribution in [1.29, 1.82) is 0 Å². The summed E-state index contributed by atoms with van der Waals surface area (Å²) in [6.45, 7) is 10.9. The number of aliphatic hydroxyl groups is 1. The third-order valence-corrected chi connectivity index (χ3v) is 7.87. The van der Waals surface area contributed by atoms with Crippen molar-refractivity contribution < 1.29 is 9.90 Å². The van der Waals surface area contributed by atoms with Crippen LogP contribution < -0.4 is 0 Å². The van der Waals surface area contributed by atoms with E-state index in [0.29, 0.717) is 17.8 Å². The Morgan fingerprint density at radius 3 is 2.33 bits per heavy atom. The summed E-state index contributed by atoms with van der Waals surface area (Å²) in [7, 11) is 0. The molecule has 1 aromatic rings. The maximum absolute atomic E-state index is 11.4. The van der Waals surface area contributed by atoms with E-state index >= 15 is 0 Å². The van der Waals surface area contributed by atoms with Crippen LogP contribution in [0.1, 0.15) is 76.8 Å². The van der Waals surface area contributed by atoms with E-state index in [-0.39, 0.29) is 17.4 Å². The Kier molecular flexibility index (Phi) is 4.55. The number of rotatable bonds is 3. The minimum Gasteiger partial charge on any atom is -0.388 e. The highest BCUT2D eigenvalue weighted by Gasteiger charge is 2.56. The summed E-state index contributed by atoms with van der Waals surface area (Å²) in [4.78, 5) is 13.8. The highest BCUT2D eigenvalue weighted by atomic mass is 16.3. The zero-order valence-electron chi connectivity index (χ0n) is 17.4. The van der Waals surface area contributed by atoms with Crippen molar-refractivity contribution in [2.45, 2.75) is 82.8 Å². The molecule has 3 aliphatic rings. The second kappa shape index (κ2) is 6.42. The van der Waals surface area contributed by atoms with Crippen molar-refractivity contribution in [3.05, 3.63) is 35.4 Å². The van der Waals surface area contributed by atoms with Crippen LogP contribution in [-0.4, -0.2) is 41.0 Å². The maximum Gasteiger partial charge on any atom is 0.124 e. The van der Waals surface area contributed by atoms with Gasteiger partial charge in [0.25, 0.3) is 0 Å². The monoisotopic (exact) mass is 369 g/mol. The van der Waals surface area contributed by atoms with Gasteiger partial charge in [-0.15, -0.1) is 0 Å². The second-order valence-corrected chi connectivity index (χ2v) is 10.6. The van der Waals surface area contributed by atoms with Crippen LogP contribution in [0.5, 0.6) is 0 Å². The smallest absolute Gasteiger partial charge is 0.124 e. The van der Waals surface area contributed by atoms with Crippen molar-refractivity contribution >= 4 is 6.29 Å². The lowest BCUT2D eigenvalue weighted by Gasteiger charge is -2.59. The maximum atomic E-state index is 11.4. The molecule has 2 unspecified atom stereocenters. The Labute approximate surface area is 164 Å². The largest absolute Gasteiger partial charge is 0.388 e. The number of aldehydes is 1. The SMILES string of the molecule is CC(C)(C)c1ccccc1C1CCC12CCN(C1[C@@H](C=O)C[C@]1(C)O)CC2. The molecule has 1 aliphatic heterocycles. The van der Waals surface area contributed by atoms with Gasteiger partial charge in [0.2, 0.25) is 0 Å². The molecule has 2 saturated carbocycles. The molecule has 1 spiro atoms. The third-order valence-electron chi connectivity index (χ3n) is 7.87. The van der Waals surface area contributed by atoms with Crippen LogP contribution in [0, 0.1) is 11.3 Å². The Balaban J connectivity index is 1.51. The summed E-state index contributed by atoms with van der Waals surface area (Å²) in [6.07, 6.45) is 6.67. The van der Waals surface area contributed by atoms with Gasteiger partial charge in [-0.05, 0) is 80.0 Å². The van der Waals surface area contributed by atoms with Crippen LogP contribution in [-0.2, 0) is 10.2 Å². The second-order valence-electron chi connectivity index (χ2n) is 10.6. The number of nitrogens with zero attached hydrogens (tertiary/aromatic N) is 1. The van der Waals surface area contributed by atoms with Crippen molar-refractivity contribution in [3.8, 4) is 0 Å². The molecule has 27 heavy (non-hydrogen) atoms. The van der Waals surface area contributed by atoms with Crippen molar-refractivity contribution in [2.75, 3.05) is 13.1 Å². The molecular weight excluding hydrogens is 334 g/mol. The molecule has 1 heterocycles. The van der Waals surface area contributed by atoms with E-state index in [1.165, 1.54) is 31.2 Å². The molecule has 0 aromatic heterocycles. The molecule has 148 valence electrons. The molecule has 2 aliphatic carbocycles. The molecule has 3 heteroatoms. The normalized spacial score (nSPS) is 36.1. The van der Waals surface area contributed by atoms with Crippen LogP contribution in [0.15, 0.2) is 24.3 Å². The zero-order chi connectivity index (χ0) is 19.4. The number of piperidine rings is 1. The summed E-state index contributed by atoms with van der Waals surface area (Å²) in [6, 6.07) is 9.07. The summed E-state index contributed by atoms with van der Waals surface area (Å²) in [5, 5.41) is 10.6. The van der Waals surface area contributed by atoms with Crippen LogP contribution in [0.25, 0.3) is 0 Å². The lowest BCUT2D eigenvalue weighted by molar-refractivity contribution is -0.164. The lowest BCUT2D eigenvalue weighted by Crippen LogP contribution is -2.67. The number of hydrogen-bond donors (Lipinski definition) is 1. The fraction of sp³-hybridized carbons (Fsp3) is 0.708. The number of hydrogen-bond acceptors (Lipinski definition) is 3. The van der Waals surface area contributed by atoms with Gasteiger partial charge in [-0.25, -0.2) is 0 Å². The molecular formula is C24H35NO2. The van der Waals surface area contributed by atoms with Crippen LogP contribution >= 0.6 is 0 Å². The first-order valence-electron chi connectivity index (χ1n) is 10.7. The van der Waals surface area contributed by atoms with Gasteiger partial charge in [-0.3, -0.25) is 4.90 Å². The van der Waals surface area contributed by atoms with Gasteiger partial charge >= 0.3 is 0 Å². The van der Waals surface area contributed by atoms with Gasteiger partial charge in [0.15, 0.2) is 0 Å². The highest BCUT2D eigenvalue weighted by Crippen LogP contribution is 2.60. The van der Waals surface area contributed by atoms with Crippen LogP contribution in [0.4, 0.5) is 0 Å². The highest BCUT2D eigenvalue weighted by molar-refractivity contribution is 5.58. The van der Waals surface area contributed by atoms with Gasteiger partial charge in [0, 0.05) is 12.0 Å². The fourth-order valence-corrected chi connectivity index (χ4v) is 6.31. The molecule has 1 aromatic carbocycles. The quantitative estimate of drug-likeness (QED) is 0.809. The number of benzene rings is 1. The topological polar surface area (TPSA) is 40.5 Å². The number of carbonyl (C=O) groups is 1. The molecule has 0 amide bonds. The number of carbonyl (C=O) groups excluding carboxylic acids is 1. The predicted octanol–water partition coefficient (Wildman–Crippen LogP) is 4.28. The minimum atomic E-state index is -0.700. The van der Waals surface area contributed by atoms with Crippen LogP contribution in [0.2, 0.25) is 0 Å². The van der Waals surface area contributed by atoms with E-state index < -0.39 is 5.60 Å². The predicted molar refractivity (Wildman–Crippen MR) is 109 cm³/mol. The van der Waals surface area contributed by atoms with E-state index in [2.05, 4.69) is 49.9 Å². The van der Waals surface area contributed by atoms with Crippen molar-refractivity contribution in [2.24, 2.45) is 11.3 Å². The first-order chi connectivity index (χ1) is 12.7. The van der Waals surface area contributed by atoms with Gasteiger partial charge in [0.1, 0.15) is 6.29 Å². The van der Waals surface area contributed by atoms with E-state index in [9.17, 15) is 9.90 Å². The Hall–Kier alpha value is -1.19. The van der Waals surface area contributed by atoms with Crippen molar-refractivity contribution in [1.82, 2.24) is 4.90 Å². The molecule has 3 fully saturated rings. The van der Waals surface area contributed by atoms with Gasteiger partial charge < -0.3 is 9.90 Å². The molecule has 1 saturated heterocycles. The summed E-state index contributed by atoms with van der Waals surface area (Å²) in [5.41, 5.74) is 2.96. The summed E-state index contributed by atoms with van der Waals surface area (Å²) < 4.78 is 0. The Bertz CT molecular complexity index is 709. The van der Waals surface area contributed by atoms with Gasteiger partial charge in [0.05, 0.1) is 5.60 Å². The third kappa shape index (κ3) is 3.07. The van der Waals surface area contributed by atoms with Gasteiger partial charge in [-0.1, -0.05) is 45.0 Å². The van der Waals surface area contributed by atoms with E-state index in [0.717, 1.165) is 19.4 Å². The van der Waals surface area contributed by atoms with E-state index in [1.807, 2.05) is 6.92 Å². The van der Waals surface area contributed by atoms with Crippen molar-refractivity contribution in [3.63, 3.8) is 0 Å².